The molecule has 0 N–H and O–H groups in total. The molecule has 5 nitrogen and oxygen atoms in total. The highest BCUT2D eigenvalue weighted by atomic mass is 79.9. The van der Waals surface area contributed by atoms with E-state index in [9.17, 15) is 13.2 Å². The van der Waals surface area contributed by atoms with Gasteiger partial charge in [-0.3, -0.25) is 0 Å². The minimum absolute atomic E-state index is 0.120. The van der Waals surface area contributed by atoms with Crippen LogP contribution in [0, 0.1) is 5.41 Å². The van der Waals surface area contributed by atoms with Crippen molar-refractivity contribution in [3.63, 3.8) is 0 Å². The number of hydrogen-bond donors (Lipinski definition) is 0. The summed E-state index contributed by atoms with van der Waals surface area (Å²) in [4.78, 5) is 5.65. The minimum atomic E-state index is -2.85. The summed E-state index contributed by atoms with van der Waals surface area (Å²) in [6.07, 6.45) is -2.70. The number of hydrogen-bond acceptors (Lipinski definition) is 4. The Balaban J connectivity index is 2.03. The number of aliphatic imine (C=N–C) groups is 1. The van der Waals surface area contributed by atoms with Crippen LogP contribution in [0.2, 0.25) is 0 Å². The summed E-state index contributed by atoms with van der Waals surface area (Å²) < 4.78 is 49.1. The zero-order chi connectivity index (χ0) is 16.3. The van der Waals surface area contributed by atoms with Gasteiger partial charge in [0.05, 0.1) is 6.54 Å². The van der Waals surface area contributed by atoms with Gasteiger partial charge < -0.3 is 9.64 Å². The molecule has 1 aromatic rings. The molecule has 22 heavy (non-hydrogen) atoms. The predicted molar refractivity (Wildman–Crippen MR) is 77.7 cm³/mol. The van der Waals surface area contributed by atoms with Crippen LogP contribution in [0.4, 0.5) is 13.2 Å². The molecule has 0 aliphatic carbocycles. The molecule has 0 radical (unpaired) electrons. The smallest absolute Gasteiger partial charge is 0.271 e. The van der Waals surface area contributed by atoms with Gasteiger partial charge in [0.1, 0.15) is 10.3 Å². The van der Waals surface area contributed by atoms with Gasteiger partial charge in [0.15, 0.2) is 5.84 Å². The van der Waals surface area contributed by atoms with E-state index in [0.29, 0.717) is 10.3 Å². The molecule has 2 atom stereocenters. The number of fused-ring (bicyclic) bond motifs is 1. The summed E-state index contributed by atoms with van der Waals surface area (Å²) in [5.74, 6) is -2.57. The topological polar surface area (TPSA) is 42.6 Å². The maximum Gasteiger partial charge on any atom is 0.271 e. The van der Waals surface area contributed by atoms with Crippen molar-refractivity contribution < 1.29 is 17.9 Å². The molecule has 0 aromatic carbocycles. The van der Waals surface area contributed by atoms with Crippen molar-refractivity contribution in [1.82, 2.24) is 14.7 Å². The number of amidine groups is 1. The van der Waals surface area contributed by atoms with Gasteiger partial charge in [-0.05, 0) is 15.9 Å². The molecule has 3 heterocycles. The van der Waals surface area contributed by atoms with Crippen LogP contribution >= 0.6 is 15.9 Å². The quantitative estimate of drug-likeness (QED) is 0.752. The largest absolute Gasteiger partial charge is 0.355 e. The lowest BCUT2D eigenvalue weighted by atomic mass is 9.89. The van der Waals surface area contributed by atoms with Gasteiger partial charge in [-0.2, -0.15) is 5.10 Å². The number of nitrogens with zero attached hydrogens (tertiary/aromatic N) is 4. The molecular formula is C13H16BrF3N4O. The van der Waals surface area contributed by atoms with Gasteiger partial charge in [-0.25, -0.2) is 22.8 Å². The van der Waals surface area contributed by atoms with Gasteiger partial charge in [0, 0.05) is 25.1 Å². The second kappa shape index (κ2) is 4.95. The zero-order valence-electron chi connectivity index (χ0n) is 12.4. The lowest BCUT2D eigenvalue weighted by Gasteiger charge is -2.29. The highest BCUT2D eigenvalue weighted by Gasteiger charge is 2.55. The molecule has 0 saturated carbocycles. The van der Waals surface area contributed by atoms with Crippen LogP contribution in [0.25, 0.3) is 0 Å². The minimum Gasteiger partial charge on any atom is -0.355 e. The lowest BCUT2D eigenvalue weighted by Crippen LogP contribution is -2.40. The van der Waals surface area contributed by atoms with Gasteiger partial charge in [-0.1, -0.05) is 13.8 Å². The van der Waals surface area contributed by atoms with E-state index in [1.807, 2.05) is 0 Å². The third-order valence-corrected chi connectivity index (χ3v) is 4.55. The van der Waals surface area contributed by atoms with Crippen molar-refractivity contribution in [2.75, 3.05) is 20.2 Å². The SMILES string of the molecule is COC1N=C(N2CC(C)(C)C(F)(F)C2)c2cc(Br)nn2C1F. The van der Waals surface area contributed by atoms with Crippen LogP contribution in [0.15, 0.2) is 15.7 Å². The molecule has 2 aliphatic heterocycles. The first-order valence-corrected chi connectivity index (χ1v) is 7.58. The Morgan fingerprint density at radius 1 is 1.36 bits per heavy atom. The third-order valence-electron chi connectivity index (χ3n) is 4.16. The van der Waals surface area contributed by atoms with Crippen LogP contribution in [0.3, 0.4) is 0 Å². The number of methoxy groups -OCH3 is 1. The average molecular weight is 381 g/mol. The summed E-state index contributed by atoms with van der Waals surface area (Å²) in [6, 6.07) is 1.57. The molecule has 3 rings (SSSR count). The Morgan fingerprint density at radius 2 is 2.05 bits per heavy atom. The summed E-state index contributed by atoms with van der Waals surface area (Å²) in [7, 11) is 1.32. The first kappa shape index (κ1) is 15.8. The molecule has 2 unspecified atom stereocenters. The van der Waals surface area contributed by atoms with Gasteiger partial charge >= 0.3 is 0 Å². The van der Waals surface area contributed by atoms with E-state index in [4.69, 9.17) is 4.74 Å². The second-order valence-electron chi connectivity index (χ2n) is 6.19. The standard InChI is InChI=1S/C13H16BrF3N4O/c1-12(2)5-20(6-13(12,16)17)10-7-4-8(14)19-21(7)9(15)11(18-10)22-3/h4,9,11H,5-6H2,1-3H3. The van der Waals surface area contributed by atoms with Crippen LogP contribution in [-0.2, 0) is 4.74 Å². The van der Waals surface area contributed by atoms with Gasteiger partial charge in [-0.15, -0.1) is 0 Å². The molecule has 2 aliphatic rings. The summed E-state index contributed by atoms with van der Waals surface area (Å²) in [6.45, 7) is 2.68. The second-order valence-corrected chi connectivity index (χ2v) is 7.01. The summed E-state index contributed by atoms with van der Waals surface area (Å²) >= 11 is 3.18. The molecule has 122 valence electrons. The molecule has 1 fully saturated rings. The molecule has 1 saturated heterocycles. The Kier molecular flexibility index (Phi) is 3.56. The Morgan fingerprint density at radius 3 is 2.59 bits per heavy atom. The number of alkyl halides is 3. The fraction of sp³-hybridized carbons (Fsp3) is 0.692. The van der Waals surface area contributed by atoms with Crippen molar-refractivity contribution in [1.29, 1.82) is 0 Å². The monoisotopic (exact) mass is 380 g/mol. The molecule has 1 aromatic heterocycles. The third kappa shape index (κ3) is 2.25. The van der Waals surface area contributed by atoms with Gasteiger partial charge in [0.2, 0.25) is 12.5 Å². The number of rotatable bonds is 1. The summed E-state index contributed by atoms with van der Waals surface area (Å²) in [5.41, 5.74) is -0.826. The Labute approximate surface area is 134 Å². The van der Waals surface area contributed by atoms with Crippen LogP contribution in [0.5, 0.6) is 0 Å². The van der Waals surface area contributed by atoms with Crippen LogP contribution in [0.1, 0.15) is 25.8 Å². The number of halogens is 4. The lowest BCUT2D eigenvalue weighted by molar-refractivity contribution is -0.0659. The van der Waals surface area contributed by atoms with Crippen molar-refractivity contribution in [3.8, 4) is 0 Å². The molecule has 0 amide bonds. The fourth-order valence-corrected chi connectivity index (χ4v) is 3.14. The van der Waals surface area contributed by atoms with E-state index >= 15 is 0 Å². The Bertz CT molecular complexity index is 615. The maximum absolute atomic E-state index is 14.3. The van der Waals surface area contributed by atoms with E-state index in [-0.39, 0.29) is 12.4 Å². The first-order chi connectivity index (χ1) is 10.2. The van der Waals surface area contributed by atoms with E-state index in [2.05, 4.69) is 26.0 Å². The van der Waals surface area contributed by atoms with E-state index < -0.39 is 30.4 Å². The average Bonchev–Trinajstić information content (AvgIpc) is 2.88. The van der Waals surface area contributed by atoms with Crippen LogP contribution < -0.4 is 0 Å². The molecular weight excluding hydrogens is 365 g/mol. The summed E-state index contributed by atoms with van der Waals surface area (Å²) in [5, 5.41) is 4.01. The zero-order valence-corrected chi connectivity index (χ0v) is 13.9. The normalized spacial score (nSPS) is 29.4. The highest BCUT2D eigenvalue weighted by Crippen LogP contribution is 2.44. The van der Waals surface area contributed by atoms with Crippen molar-refractivity contribution in [2.45, 2.75) is 32.3 Å². The van der Waals surface area contributed by atoms with Crippen LogP contribution in [-0.4, -0.2) is 52.9 Å². The fourth-order valence-electron chi connectivity index (χ4n) is 2.75. The van der Waals surface area contributed by atoms with E-state index in [1.54, 1.807) is 6.07 Å². The first-order valence-electron chi connectivity index (χ1n) is 6.79. The van der Waals surface area contributed by atoms with E-state index in [0.717, 1.165) is 4.68 Å². The van der Waals surface area contributed by atoms with Crippen molar-refractivity contribution in [2.24, 2.45) is 10.4 Å². The molecule has 0 spiro atoms. The van der Waals surface area contributed by atoms with E-state index in [1.165, 1.54) is 25.9 Å². The number of aromatic nitrogens is 2. The molecule has 0 bridgehead atoms. The Hall–Kier alpha value is -1.09. The van der Waals surface area contributed by atoms with Crippen molar-refractivity contribution in [3.05, 3.63) is 16.4 Å². The van der Waals surface area contributed by atoms with Gasteiger partial charge in [0.25, 0.3) is 5.92 Å². The predicted octanol–water partition coefficient (Wildman–Crippen LogP) is 2.82. The number of ether oxygens (including phenoxy) is 1. The highest BCUT2D eigenvalue weighted by molar-refractivity contribution is 9.10. The maximum atomic E-state index is 14.3. The molecule has 9 heteroatoms. The van der Waals surface area contributed by atoms with Crippen molar-refractivity contribution >= 4 is 21.8 Å². The number of likely N-dealkylation sites (tertiary alicyclic amines) is 1.